The molecule has 1 aromatic carbocycles. The zero-order chi connectivity index (χ0) is 21.8. The number of H-pyrrole nitrogens is 1. The van der Waals surface area contributed by atoms with Gasteiger partial charge in [0.25, 0.3) is 5.91 Å². The Labute approximate surface area is 181 Å². The summed E-state index contributed by atoms with van der Waals surface area (Å²) in [5, 5.41) is 9.74. The second kappa shape index (κ2) is 9.15. The zero-order valence-electron chi connectivity index (χ0n) is 17.4. The lowest BCUT2D eigenvalue weighted by molar-refractivity contribution is 0.0395. The fourth-order valence-corrected chi connectivity index (χ4v) is 6.00. The summed E-state index contributed by atoms with van der Waals surface area (Å²) in [5.74, 6) is -0.256. The molecule has 1 saturated carbocycles. The van der Waals surface area contributed by atoms with E-state index in [4.69, 9.17) is 4.74 Å². The van der Waals surface area contributed by atoms with Gasteiger partial charge in [0.15, 0.2) is 15.5 Å². The van der Waals surface area contributed by atoms with Gasteiger partial charge in [0.2, 0.25) is 0 Å². The molecule has 2 atom stereocenters. The first-order chi connectivity index (χ1) is 15.0. The number of carbonyl (C=O) groups excluding carboxylic acids is 1. The standard InChI is InChI=1S/C22H26N4O4S/c1-2-30-19-5-3-4-6-20(19)31(28,29)18-9-7-15(8-10-18)12-24-22(27)17-11-16-14-25-26-21(16)23-13-17/h7-11,13-14,19-20H,2-6,12H2,1H3,(H,24,27)(H,23,25,26). The Kier molecular flexibility index (Phi) is 6.33. The highest BCUT2D eigenvalue weighted by atomic mass is 32.2. The summed E-state index contributed by atoms with van der Waals surface area (Å²) in [6.07, 6.45) is 6.16. The smallest absolute Gasteiger partial charge is 0.253 e. The Morgan fingerprint density at radius 2 is 1.97 bits per heavy atom. The lowest BCUT2D eigenvalue weighted by Gasteiger charge is -2.30. The molecule has 164 valence electrons. The maximum absolute atomic E-state index is 13.2. The molecular weight excluding hydrogens is 416 g/mol. The molecule has 1 amide bonds. The van der Waals surface area contributed by atoms with E-state index in [0.29, 0.717) is 29.1 Å². The maximum Gasteiger partial charge on any atom is 0.253 e. The Hall–Kier alpha value is -2.78. The minimum Gasteiger partial charge on any atom is -0.377 e. The van der Waals surface area contributed by atoms with Crippen LogP contribution < -0.4 is 5.32 Å². The van der Waals surface area contributed by atoms with Gasteiger partial charge in [-0.1, -0.05) is 25.0 Å². The molecule has 0 radical (unpaired) electrons. The number of amides is 1. The van der Waals surface area contributed by atoms with Gasteiger partial charge in [0, 0.05) is 24.7 Å². The molecule has 4 rings (SSSR count). The van der Waals surface area contributed by atoms with Crippen LogP contribution >= 0.6 is 0 Å². The van der Waals surface area contributed by atoms with E-state index in [1.54, 1.807) is 36.5 Å². The van der Waals surface area contributed by atoms with E-state index < -0.39 is 15.1 Å². The third-order valence-electron chi connectivity index (χ3n) is 5.68. The van der Waals surface area contributed by atoms with Crippen molar-refractivity contribution < 1.29 is 17.9 Å². The monoisotopic (exact) mass is 442 g/mol. The van der Waals surface area contributed by atoms with Crippen molar-refractivity contribution in [3.63, 3.8) is 0 Å². The van der Waals surface area contributed by atoms with Gasteiger partial charge in [-0.3, -0.25) is 9.89 Å². The predicted octanol–water partition coefficient (Wildman–Crippen LogP) is 3.01. The molecule has 0 saturated heterocycles. The molecule has 2 aromatic heterocycles. The van der Waals surface area contributed by atoms with Crippen LogP contribution in [0.4, 0.5) is 0 Å². The van der Waals surface area contributed by atoms with Crippen molar-refractivity contribution in [1.29, 1.82) is 0 Å². The number of hydrogen-bond donors (Lipinski definition) is 2. The number of aromatic nitrogens is 3. The highest BCUT2D eigenvalue weighted by molar-refractivity contribution is 7.92. The second-order valence-electron chi connectivity index (χ2n) is 7.72. The Bertz CT molecular complexity index is 1160. The van der Waals surface area contributed by atoms with Crippen LogP contribution in [0.2, 0.25) is 0 Å². The molecule has 8 nitrogen and oxygen atoms in total. The molecule has 2 unspecified atom stereocenters. The fraction of sp³-hybridized carbons (Fsp3) is 0.409. The summed E-state index contributed by atoms with van der Waals surface area (Å²) in [5.41, 5.74) is 1.87. The summed E-state index contributed by atoms with van der Waals surface area (Å²) in [6.45, 7) is 2.69. The number of pyridine rings is 1. The van der Waals surface area contributed by atoms with Gasteiger partial charge in [-0.05, 0) is 43.5 Å². The summed E-state index contributed by atoms with van der Waals surface area (Å²) in [4.78, 5) is 16.9. The van der Waals surface area contributed by atoms with E-state index in [0.717, 1.165) is 30.2 Å². The minimum atomic E-state index is -3.47. The average Bonchev–Trinajstić information content (AvgIpc) is 3.26. The number of sulfone groups is 1. The minimum absolute atomic E-state index is 0.246. The fourth-order valence-electron chi connectivity index (χ4n) is 4.04. The first-order valence-corrected chi connectivity index (χ1v) is 12.1. The van der Waals surface area contributed by atoms with Crippen molar-refractivity contribution in [2.45, 2.75) is 55.4 Å². The van der Waals surface area contributed by atoms with Crippen LogP contribution in [-0.4, -0.2) is 47.5 Å². The lowest BCUT2D eigenvalue weighted by Crippen LogP contribution is -2.38. The number of fused-ring (bicyclic) bond motifs is 1. The highest BCUT2D eigenvalue weighted by Gasteiger charge is 2.37. The van der Waals surface area contributed by atoms with Crippen LogP contribution in [0.3, 0.4) is 0 Å². The third kappa shape index (κ3) is 4.62. The van der Waals surface area contributed by atoms with Crippen LogP contribution in [-0.2, 0) is 21.1 Å². The summed E-state index contributed by atoms with van der Waals surface area (Å²) >= 11 is 0. The van der Waals surface area contributed by atoms with Gasteiger partial charge in [0.1, 0.15) is 0 Å². The molecular formula is C22H26N4O4S. The molecule has 1 fully saturated rings. The van der Waals surface area contributed by atoms with Gasteiger partial charge >= 0.3 is 0 Å². The molecule has 9 heteroatoms. The zero-order valence-corrected chi connectivity index (χ0v) is 18.2. The van der Waals surface area contributed by atoms with Crippen LogP contribution in [0.25, 0.3) is 11.0 Å². The van der Waals surface area contributed by atoms with Crippen molar-refractivity contribution in [1.82, 2.24) is 20.5 Å². The molecule has 2 N–H and O–H groups in total. The van der Waals surface area contributed by atoms with E-state index in [2.05, 4.69) is 20.5 Å². The van der Waals surface area contributed by atoms with E-state index in [-0.39, 0.29) is 18.6 Å². The lowest BCUT2D eigenvalue weighted by atomic mass is 9.97. The molecule has 31 heavy (non-hydrogen) atoms. The van der Waals surface area contributed by atoms with E-state index in [1.165, 1.54) is 6.20 Å². The first kappa shape index (κ1) is 21.5. The molecule has 3 aromatic rings. The highest BCUT2D eigenvalue weighted by Crippen LogP contribution is 2.31. The number of hydrogen-bond acceptors (Lipinski definition) is 6. The van der Waals surface area contributed by atoms with E-state index >= 15 is 0 Å². The predicted molar refractivity (Wildman–Crippen MR) is 116 cm³/mol. The largest absolute Gasteiger partial charge is 0.377 e. The molecule has 0 aliphatic heterocycles. The number of ether oxygens (including phenoxy) is 1. The van der Waals surface area contributed by atoms with Gasteiger partial charge in [-0.15, -0.1) is 0 Å². The van der Waals surface area contributed by atoms with Gasteiger partial charge < -0.3 is 10.1 Å². The number of nitrogens with one attached hydrogen (secondary N) is 2. The van der Waals surface area contributed by atoms with Crippen LogP contribution in [0.1, 0.15) is 48.5 Å². The number of benzene rings is 1. The quantitative estimate of drug-likeness (QED) is 0.581. The summed E-state index contributed by atoms with van der Waals surface area (Å²) < 4.78 is 32.0. The maximum atomic E-state index is 13.2. The molecule has 2 heterocycles. The number of nitrogens with zero attached hydrogens (tertiary/aromatic N) is 2. The number of carbonyl (C=O) groups is 1. The normalized spacial score (nSPS) is 19.4. The van der Waals surface area contributed by atoms with Crippen molar-refractivity contribution in [3.05, 3.63) is 53.9 Å². The first-order valence-electron chi connectivity index (χ1n) is 10.5. The molecule has 1 aliphatic rings. The number of rotatable bonds is 7. The Morgan fingerprint density at radius 1 is 1.19 bits per heavy atom. The number of aromatic amines is 1. The van der Waals surface area contributed by atoms with Crippen molar-refractivity contribution in [2.24, 2.45) is 0 Å². The summed E-state index contributed by atoms with van der Waals surface area (Å²) in [7, 11) is -3.47. The van der Waals surface area contributed by atoms with Crippen molar-refractivity contribution in [2.75, 3.05) is 6.61 Å². The van der Waals surface area contributed by atoms with Crippen LogP contribution in [0.5, 0.6) is 0 Å². The van der Waals surface area contributed by atoms with E-state index in [9.17, 15) is 13.2 Å². The van der Waals surface area contributed by atoms with Gasteiger partial charge in [-0.2, -0.15) is 5.10 Å². The van der Waals surface area contributed by atoms with Crippen LogP contribution in [0, 0.1) is 0 Å². The Morgan fingerprint density at radius 3 is 2.74 bits per heavy atom. The van der Waals surface area contributed by atoms with Gasteiger partial charge in [-0.25, -0.2) is 13.4 Å². The van der Waals surface area contributed by atoms with Gasteiger partial charge in [0.05, 0.1) is 28.0 Å². The average molecular weight is 443 g/mol. The molecule has 0 spiro atoms. The SMILES string of the molecule is CCOC1CCCCC1S(=O)(=O)c1ccc(CNC(=O)c2cnc3[nH]ncc3c2)cc1. The topological polar surface area (TPSA) is 114 Å². The summed E-state index contributed by atoms with van der Waals surface area (Å²) in [6, 6.07) is 8.43. The van der Waals surface area contributed by atoms with Crippen molar-refractivity contribution >= 4 is 26.8 Å². The van der Waals surface area contributed by atoms with Crippen LogP contribution in [0.15, 0.2) is 47.6 Å². The third-order valence-corrected chi connectivity index (χ3v) is 7.95. The van der Waals surface area contributed by atoms with Crippen molar-refractivity contribution in [3.8, 4) is 0 Å². The van der Waals surface area contributed by atoms with E-state index in [1.807, 2.05) is 6.92 Å². The molecule has 0 bridgehead atoms. The Balaban J connectivity index is 1.42. The second-order valence-corrected chi connectivity index (χ2v) is 9.89. The molecule has 1 aliphatic carbocycles.